The molecule has 0 spiro atoms. The Bertz CT molecular complexity index is 709. The molecular formula is C12H11Cl2F2NO3S. The molecule has 116 valence electrons. The number of amides is 1. The maximum Gasteiger partial charge on any atom is 0.265 e. The van der Waals surface area contributed by atoms with E-state index in [2.05, 4.69) is 5.32 Å². The van der Waals surface area contributed by atoms with Gasteiger partial charge in [-0.05, 0) is 18.4 Å². The van der Waals surface area contributed by atoms with Crippen molar-refractivity contribution in [1.29, 1.82) is 0 Å². The van der Waals surface area contributed by atoms with E-state index in [4.69, 9.17) is 22.3 Å². The zero-order valence-electron chi connectivity index (χ0n) is 10.8. The van der Waals surface area contributed by atoms with E-state index < -0.39 is 42.1 Å². The topological polar surface area (TPSA) is 63.2 Å². The van der Waals surface area contributed by atoms with Crippen molar-refractivity contribution >= 4 is 37.2 Å². The normalized spacial score (nSPS) is 21.2. The largest absolute Gasteiger partial charge is 0.349 e. The van der Waals surface area contributed by atoms with Crippen molar-refractivity contribution in [3.05, 3.63) is 28.3 Å². The molecule has 1 aliphatic rings. The van der Waals surface area contributed by atoms with Crippen LogP contribution in [0.1, 0.15) is 30.1 Å². The van der Waals surface area contributed by atoms with E-state index in [1.807, 2.05) is 6.92 Å². The lowest BCUT2D eigenvalue weighted by Crippen LogP contribution is -2.27. The van der Waals surface area contributed by atoms with Gasteiger partial charge in [0.05, 0.1) is 10.6 Å². The molecule has 0 radical (unpaired) electrons. The molecule has 1 amide bonds. The molecule has 0 heterocycles. The minimum absolute atomic E-state index is 0.0669. The molecular weight excluding hydrogens is 347 g/mol. The van der Waals surface area contributed by atoms with Gasteiger partial charge in [0.1, 0.15) is 4.90 Å². The molecule has 1 aromatic rings. The van der Waals surface area contributed by atoms with E-state index in [-0.39, 0.29) is 6.04 Å². The summed E-state index contributed by atoms with van der Waals surface area (Å²) in [5.74, 6) is -3.65. The Morgan fingerprint density at radius 2 is 2.10 bits per heavy atom. The van der Waals surface area contributed by atoms with Crippen LogP contribution in [-0.4, -0.2) is 20.4 Å². The van der Waals surface area contributed by atoms with Crippen molar-refractivity contribution in [3.63, 3.8) is 0 Å². The smallest absolute Gasteiger partial charge is 0.265 e. The van der Waals surface area contributed by atoms with Gasteiger partial charge >= 0.3 is 0 Å². The number of halogens is 4. The van der Waals surface area contributed by atoms with Gasteiger partial charge in [0.15, 0.2) is 11.6 Å². The molecule has 0 saturated heterocycles. The third-order valence-corrected chi connectivity index (χ3v) is 5.21. The van der Waals surface area contributed by atoms with Crippen LogP contribution in [0.2, 0.25) is 5.02 Å². The van der Waals surface area contributed by atoms with Gasteiger partial charge in [0.2, 0.25) is 0 Å². The first kappa shape index (κ1) is 16.5. The Hall–Kier alpha value is -0.920. The summed E-state index contributed by atoms with van der Waals surface area (Å²) in [7, 11) is 0.405. The van der Waals surface area contributed by atoms with E-state index in [1.165, 1.54) is 0 Å². The standard InChI is InChI=1S/C12H11Cl2F2NO3S/c1-2-5-3-8(5)17-12(18)6-4-7(15)10(16)11(9(6)13)21(14,19)20/h4-5,8H,2-3H2,1H3,(H,17,18). The zero-order valence-corrected chi connectivity index (χ0v) is 13.1. The molecule has 1 fully saturated rings. The highest BCUT2D eigenvalue weighted by molar-refractivity contribution is 8.13. The number of hydrogen-bond donors (Lipinski definition) is 1. The number of benzene rings is 1. The highest BCUT2D eigenvalue weighted by Gasteiger charge is 2.37. The molecule has 9 heteroatoms. The second-order valence-corrected chi connectivity index (χ2v) is 7.67. The number of carbonyl (C=O) groups excluding carboxylic acids is 1. The van der Waals surface area contributed by atoms with Crippen LogP contribution in [0.25, 0.3) is 0 Å². The quantitative estimate of drug-likeness (QED) is 0.665. The molecule has 0 bridgehead atoms. The predicted molar refractivity (Wildman–Crippen MR) is 74.1 cm³/mol. The Balaban J connectivity index is 2.41. The van der Waals surface area contributed by atoms with Crippen LogP contribution in [0.5, 0.6) is 0 Å². The Morgan fingerprint density at radius 3 is 2.57 bits per heavy atom. The van der Waals surface area contributed by atoms with E-state index in [0.29, 0.717) is 12.0 Å². The van der Waals surface area contributed by atoms with Crippen LogP contribution in [0.4, 0.5) is 8.78 Å². The minimum Gasteiger partial charge on any atom is -0.349 e. The second kappa shape index (κ2) is 5.70. The first-order valence-electron chi connectivity index (χ1n) is 6.09. The summed E-state index contributed by atoms with van der Waals surface area (Å²) < 4.78 is 49.6. The third kappa shape index (κ3) is 3.30. The SMILES string of the molecule is CCC1CC1NC(=O)c1cc(F)c(F)c(S(=O)(=O)Cl)c1Cl. The van der Waals surface area contributed by atoms with Gasteiger partial charge in [-0.15, -0.1) is 0 Å². The van der Waals surface area contributed by atoms with E-state index in [9.17, 15) is 22.0 Å². The van der Waals surface area contributed by atoms with Gasteiger partial charge in [-0.1, -0.05) is 24.9 Å². The molecule has 0 aliphatic heterocycles. The Kier molecular flexibility index (Phi) is 4.46. The van der Waals surface area contributed by atoms with Crippen LogP contribution in [0.3, 0.4) is 0 Å². The predicted octanol–water partition coefficient (Wildman–Crippen LogP) is 3.07. The van der Waals surface area contributed by atoms with Gasteiger partial charge in [-0.3, -0.25) is 4.79 Å². The van der Waals surface area contributed by atoms with Crippen molar-refractivity contribution in [1.82, 2.24) is 5.32 Å². The lowest BCUT2D eigenvalue weighted by Gasteiger charge is -2.10. The van der Waals surface area contributed by atoms with Gasteiger partial charge < -0.3 is 5.32 Å². The summed E-state index contributed by atoms with van der Waals surface area (Å²) in [6, 6.07) is 0.491. The Labute approximate surface area is 129 Å². The van der Waals surface area contributed by atoms with Crippen LogP contribution in [0, 0.1) is 17.6 Å². The monoisotopic (exact) mass is 357 g/mol. The molecule has 4 nitrogen and oxygen atoms in total. The zero-order chi connectivity index (χ0) is 15.9. The van der Waals surface area contributed by atoms with E-state index >= 15 is 0 Å². The van der Waals surface area contributed by atoms with E-state index in [1.54, 1.807) is 0 Å². The molecule has 2 unspecified atom stereocenters. The molecule has 2 rings (SSSR count). The molecule has 2 atom stereocenters. The maximum atomic E-state index is 13.5. The molecule has 21 heavy (non-hydrogen) atoms. The lowest BCUT2D eigenvalue weighted by molar-refractivity contribution is 0.0948. The van der Waals surface area contributed by atoms with Crippen LogP contribution in [-0.2, 0) is 9.05 Å². The molecule has 1 aromatic carbocycles. The van der Waals surface area contributed by atoms with Crippen LogP contribution >= 0.6 is 22.3 Å². The van der Waals surface area contributed by atoms with Crippen molar-refractivity contribution in [2.45, 2.75) is 30.7 Å². The van der Waals surface area contributed by atoms with Crippen molar-refractivity contribution < 1.29 is 22.0 Å². The van der Waals surface area contributed by atoms with Crippen molar-refractivity contribution in [2.24, 2.45) is 5.92 Å². The van der Waals surface area contributed by atoms with Gasteiger partial charge in [0, 0.05) is 16.7 Å². The fraction of sp³-hybridized carbons (Fsp3) is 0.417. The van der Waals surface area contributed by atoms with E-state index in [0.717, 1.165) is 12.8 Å². The molecule has 1 N–H and O–H groups in total. The maximum absolute atomic E-state index is 13.5. The highest BCUT2D eigenvalue weighted by atomic mass is 35.7. The van der Waals surface area contributed by atoms with Crippen molar-refractivity contribution in [3.8, 4) is 0 Å². The first-order valence-corrected chi connectivity index (χ1v) is 8.78. The fourth-order valence-corrected chi connectivity index (χ4v) is 3.80. The number of nitrogens with one attached hydrogen (secondary N) is 1. The summed E-state index contributed by atoms with van der Waals surface area (Å²) in [5, 5.41) is 1.86. The number of carbonyl (C=O) groups is 1. The fourth-order valence-electron chi connectivity index (χ4n) is 2.08. The third-order valence-electron chi connectivity index (χ3n) is 3.37. The van der Waals surface area contributed by atoms with Gasteiger partial charge in [-0.2, -0.15) is 0 Å². The molecule has 1 saturated carbocycles. The summed E-state index contributed by atoms with van der Waals surface area (Å²) in [6.45, 7) is 1.96. The molecule has 0 aromatic heterocycles. The number of hydrogen-bond acceptors (Lipinski definition) is 3. The minimum atomic E-state index is -4.63. The summed E-state index contributed by atoms with van der Waals surface area (Å²) in [5.41, 5.74) is -0.462. The van der Waals surface area contributed by atoms with Crippen molar-refractivity contribution in [2.75, 3.05) is 0 Å². The summed E-state index contributed by atoms with van der Waals surface area (Å²) >= 11 is 5.71. The Morgan fingerprint density at radius 1 is 1.48 bits per heavy atom. The number of rotatable bonds is 4. The average Bonchev–Trinajstić information content (AvgIpc) is 3.10. The average molecular weight is 358 g/mol. The summed E-state index contributed by atoms with van der Waals surface area (Å²) in [6.07, 6.45) is 1.65. The van der Waals surface area contributed by atoms with Crippen LogP contribution < -0.4 is 5.32 Å². The lowest BCUT2D eigenvalue weighted by atomic mass is 10.2. The summed E-state index contributed by atoms with van der Waals surface area (Å²) in [4.78, 5) is 10.8. The van der Waals surface area contributed by atoms with Gasteiger partial charge in [0.25, 0.3) is 15.0 Å². The highest BCUT2D eigenvalue weighted by Crippen LogP contribution is 2.35. The van der Waals surface area contributed by atoms with Gasteiger partial charge in [-0.25, -0.2) is 17.2 Å². The second-order valence-electron chi connectivity index (χ2n) is 4.78. The molecule has 1 aliphatic carbocycles. The van der Waals surface area contributed by atoms with Crippen LogP contribution in [0.15, 0.2) is 11.0 Å². The first-order chi connectivity index (χ1) is 9.66.